The van der Waals surface area contributed by atoms with Crippen LogP contribution in [0.2, 0.25) is 0 Å². The third-order valence-corrected chi connectivity index (χ3v) is 5.35. The summed E-state index contributed by atoms with van der Waals surface area (Å²) in [6.07, 6.45) is 1.91. The van der Waals surface area contributed by atoms with Crippen LogP contribution in [0.4, 0.5) is 10.1 Å². The Morgan fingerprint density at radius 2 is 1.64 bits per heavy atom. The summed E-state index contributed by atoms with van der Waals surface area (Å²) in [7, 11) is 0. The number of non-ortho nitro benzene ring substituents is 1. The Kier molecular flexibility index (Phi) is 6.59. The zero-order chi connectivity index (χ0) is 23.2. The lowest BCUT2D eigenvalue weighted by molar-refractivity contribution is -0.384. The lowest BCUT2D eigenvalue weighted by Gasteiger charge is -2.24. The second-order valence-corrected chi connectivity index (χ2v) is 7.71. The van der Waals surface area contributed by atoms with Crippen molar-refractivity contribution in [3.8, 4) is 0 Å². The fourth-order valence-electron chi connectivity index (χ4n) is 3.67. The smallest absolute Gasteiger partial charge is 0.270 e. The molecule has 0 aliphatic rings. The number of rotatable bonds is 8. The normalized spacial score (nSPS) is 10.7. The van der Waals surface area contributed by atoms with Crippen molar-refractivity contribution in [1.29, 1.82) is 0 Å². The first kappa shape index (κ1) is 22.0. The average Bonchev–Trinajstić information content (AvgIpc) is 3.27. The summed E-state index contributed by atoms with van der Waals surface area (Å²) in [5.41, 5.74) is 2.92. The standard InChI is InChI=1S/C26H22FN3O3/c27-23-13-11-21(12-14-23)17-28-15-5-10-25(28)19-29(18-20-6-2-1-3-7-20)26(31)22-8-4-9-24(16-22)30(32)33/h1-16H,17-19H2. The molecule has 4 aromatic rings. The van der Waals surface area contributed by atoms with Crippen LogP contribution in [0, 0.1) is 15.9 Å². The second-order valence-electron chi connectivity index (χ2n) is 7.71. The first-order valence-corrected chi connectivity index (χ1v) is 10.5. The van der Waals surface area contributed by atoms with Gasteiger partial charge < -0.3 is 9.47 Å². The van der Waals surface area contributed by atoms with Crippen LogP contribution in [0.5, 0.6) is 0 Å². The minimum absolute atomic E-state index is 0.125. The van der Waals surface area contributed by atoms with Crippen molar-refractivity contribution in [2.75, 3.05) is 0 Å². The molecular formula is C26H22FN3O3. The molecular weight excluding hydrogens is 421 g/mol. The van der Waals surface area contributed by atoms with Crippen molar-refractivity contribution < 1.29 is 14.1 Å². The molecule has 4 rings (SSSR count). The molecule has 0 fully saturated rings. The van der Waals surface area contributed by atoms with E-state index in [1.165, 1.54) is 30.3 Å². The molecule has 1 aromatic heterocycles. The number of hydrogen-bond donors (Lipinski definition) is 0. The highest BCUT2D eigenvalue weighted by Gasteiger charge is 2.20. The van der Waals surface area contributed by atoms with Crippen molar-refractivity contribution >= 4 is 11.6 Å². The van der Waals surface area contributed by atoms with Gasteiger partial charge in [-0.1, -0.05) is 48.5 Å². The van der Waals surface area contributed by atoms with Crippen molar-refractivity contribution in [1.82, 2.24) is 9.47 Å². The molecule has 0 aliphatic heterocycles. The monoisotopic (exact) mass is 443 g/mol. The van der Waals surface area contributed by atoms with Gasteiger partial charge >= 0.3 is 0 Å². The highest BCUT2D eigenvalue weighted by atomic mass is 19.1. The van der Waals surface area contributed by atoms with E-state index < -0.39 is 4.92 Å². The Morgan fingerprint density at radius 1 is 0.879 bits per heavy atom. The predicted octanol–water partition coefficient (Wildman–Crippen LogP) is 5.43. The van der Waals surface area contributed by atoms with Crippen LogP contribution < -0.4 is 0 Å². The van der Waals surface area contributed by atoms with Gasteiger partial charge in [0.2, 0.25) is 0 Å². The van der Waals surface area contributed by atoms with Crippen LogP contribution in [-0.2, 0) is 19.6 Å². The Bertz CT molecular complexity index is 1250. The van der Waals surface area contributed by atoms with Gasteiger partial charge in [-0.05, 0) is 41.5 Å². The van der Waals surface area contributed by atoms with Crippen LogP contribution in [0.15, 0.2) is 97.2 Å². The molecule has 33 heavy (non-hydrogen) atoms. The molecule has 7 heteroatoms. The SMILES string of the molecule is O=C(c1cccc([N+](=O)[O-])c1)N(Cc1ccccc1)Cc1cccn1Cc1ccc(F)cc1. The van der Waals surface area contributed by atoms with Gasteiger partial charge in [0.25, 0.3) is 11.6 Å². The Labute approximate surface area is 190 Å². The predicted molar refractivity (Wildman–Crippen MR) is 123 cm³/mol. The van der Waals surface area contributed by atoms with Crippen molar-refractivity contribution in [2.24, 2.45) is 0 Å². The van der Waals surface area contributed by atoms with E-state index in [4.69, 9.17) is 0 Å². The second kappa shape index (κ2) is 9.91. The van der Waals surface area contributed by atoms with E-state index in [1.807, 2.05) is 53.2 Å². The third kappa shape index (κ3) is 5.51. The van der Waals surface area contributed by atoms with Gasteiger partial charge in [0.05, 0.1) is 11.5 Å². The number of nitrogens with zero attached hydrogens (tertiary/aromatic N) is 3. The molecule has 0 aliphatic carbocycles. The van der Waals surface area contributed by atoms with Gasteiger partial charge in [0, 0.05) is 42.7 Å². The molecule has 0 N–H and O–H groups in total. The van der Waals surface area contributed by atoms with Crippen LogP contribution in [0.1, 0.15) is 27.2 Å². The summed E-state index contributed by atoms with van der Waals surface area (Å²) in [5.74, 6) is -0.583. The van der Waals surface area contributed by atoms with Crippen molar-refractivity contribution in [3.63, 3.8) is 0 Å². The highest BCUT2D eigenvalue weighted by Crippen LogP contribution is 2.19. The van der Waals surface area contributed by atoms with Gasteiger partial charge in [-0.2, -0.15) is 0 Å². The molecule has 0 radical (unpaired) electrons. The number of benzene rings is 3. The van der Waals surface area contributed by atoms with Crippen molar-refractivity contribution in [3.05, 3.63) is 136 Å². The average molecular weight is 443 g/mol. The number of nitro groups is 1. The summed E-state index contributed by atoms with van der Waals surface area (Å²) in [4.78, 5) is 25.8. The van der Waals surface area contributed by atoms with E-state index in [2.05, 4.69) is 0 Å². The summed E-state index contributed by atoms with van der Waals surface area (Å²) >= 11 is 0. The van der Waals surface area contributed by atoms with E-state index >= 15 is 0 Å². The Hall–Kier alpha value is -4.26. The molecule has 1 amide bonds. The molecule has 0 spiro atoms. The quantitative estimate of drug-likeness (QED) is 0.269. The number of hydrogen-bond acceptors (Lipinski definition) is 3. The van der Waals surface area contributed by atoms with Crippen LogP contribution in [0.3, 0.4) is 0 Å². The van der Waals surface area contributed by atoms with E-state index in [-0.39, 0.29) is 23.0 Å². The molecule has 0 bridgehead atoms. The minimum Gasteiger partial charge on any atom is -0.345 e. The summed E-state index contributed by atoms with van der Waals surface area (Å²) in [6, 6.07) is 25.5. The van der Waals surface area contributed by atoms with E-state index in [0.29, 0.717) is 19.6 Å². The molecule has 1 heterocycles. The largest absolute Gasteiger partial charge is 0.345 e. The Balaban J connectivity index is 1.61. The maximum Gasteiger partial charge on any atom is 0.270 e. The number of aromatic nitrogens is 1. The van der Waals surface area contributed by atoms with Crippen LogP contribution >= 0.6 is 0 Å². The zero-order valence-electron chi connectivity index (χ0n) is 17.8. The van der Waals surface area contributed by atoms with Gasteiger partial charge in [-0.25, -0.2) is 4.39 Å². The zero-order valence-corrected chi connectivity index (χ0v) is 17.8. The Morgan fingerprint density at radius 3 is 2.36 bits per heavy atom. The first-order valence-electron chi connectivity index (χ1n) is 10.5. The molecule has 6 nitrogen and oxygen atoms in total. The third-order valence-electron chi connectivity index (χ3n) is 5.35. The molecule has 0 saturated heterocycles. The molecule has 0 saturated carbocycles. The molecule has 166 valence electrons. The minimum atomic E-state index is -0.508. The topological polar surface area (TPSA) is 68.4 Å². The maximum absolute atomic E-state index is 13.4. The number of halogens is 1. The maximum atomic E-state index is 13.4. The number of amides is 1. The molecule has 0 atom stereocenters. The fraction of sp³-hybridized carbons (Fsp3) is 0.115. The van der Waals surface area contributed by atoms with Crippen LogP contribution in [0.25, 0.3) is 0 Å². The van der Waals surface area contributed by atoms with Gasteiger partial charge in [-0.15, -0.1) is 0 Å². The lowest BCUT2D eigenvalue weighted by atomic mass is 10.1. The summed E-state index contributed by atoms with van der Waals surface area (Å²) in [6.45, 7) is 1.20. The fourth-order valence-corrected chi connectivity index (χ4v) is 3.67. The van der Waals surface area contributed by atoms with E-state index in [9.17, 15) is 19.3 Å². The molecule has 3 aromatic carbocycles. The molecule has 0 unspecified atom stereocenters. The van der Waals surface area contributed by atoms with Gasteiger partial charge in [-0.3, -0.25) is 14.9 Å². The van der Waals surface area contributed by atoms with Crippen LogP contribution in [-0.4, -0.2) is 20.3 Å². The van der Waals surface area contributed by atoms with Gasteiger partial charge in [0.1, 0.15) is 5.82 Å². The van der Waals surface area contributed by atoms with E-state index in [0.717, 1.165) is 16.8 Å². The number of carbonyl (C=O) groups excluding carboxylic acids is 1. The number of carbonyl (C=O) groups is 1. The first-order chi connectivity index (χ1) is 16.0. The van der Waals surface area contributed by atoms with Gasteiger partial charge in [0.15, 0.2) is 0 Å². The lowest BCUT2D eigenvalue weighted by Crippen LogP contribution is -2.31. The highest BCUT2D eigenvalue weighted by molar-refractivity contribution is 5.94. The number of nitro benzene ring substituents is 1. The van der Waals surface area contributed by atoms with Crippen molar-refractivity contribution in [2.45, 2.75) is 19.6 Å². The van der Waals surface area contributed by atoms with E-state index in [1.54, 1.807) is 23.1 Å². The summed E-state index contributed by atoms with van der Waals surface area (Å²) < 4.78 is 15.3. The summed E-state index contributed by atoms with van der Waals surface area (Å²) in [5, 5.41) is 11.2.